The molecule has 0 heterocycles. The fourth-order valence-electron chi connectivity index (χ4n) is 2.20. The second kappa shape index (κ2) is 7.29. The Morgan fingerprint density at radius 2 is 1.80 bits per heavy atom. The van der Waals surface area contributed by atoms with E-state index >= 15 is 0 Å². The van der Waals surface area contributed by atoms with Crippen LogP contribution in [-0.4, -0.2) is 30.3 Å². The first kappa shape index (κ1) is 16.5. The average molecular weight is 279 g/mol. The number of ether oxygens (including phenoxy) is 1. The van der Waals surface area contributed by atoms with Gasteiger partial charge in [0.05, 0.1) is 12.6 Å². The monoisotopic (exact) mass is 279 g/mol. The van der Waals surface area contributed by atoms with Gasteiger partial charge < -0.3 is 15.2 Å². The Labute approximate surface area is 121 Å². The van der Waals surface area contributed by atoms with Gasteiger partial charge in [-0.05, 0) is 37.8 Å². The van der Waals surface area contributed by atoms with Crippen molar-refractivity contribution < 1.29 is 14.6 Å². The molecule has 20 heavy (non-hydrogen) atoms. The Morgan fingerprint density at radius 1 is 1.25 bits per heavy atom. The maximum Gasteiger partial charge on any atom is 0.258 e. The molecule has 0 aliphatic rings. The maximum absolute atomic E-state index is 11.8. The van der Waals surface area contributed by atoms with Crippen LogP contribution in [0.4, 0.5) is 0 Å². The first-order chi connectivity index (χ1) is 9.35. The molecule has 1 amide bonds. The van der Waals surface area contributed by atoms with Crippen LogP contribution in [0, 0.1) is 26.7 Å². The zero-order valence-corrected chi connectivity index (χ0v) is 13.0. The van der Waals surface area contributed by atoms with Crippen LogP contribution in [0.25, 0.3) is 0 Å². The quantitative estimate of drug-likeness (QED) is 0.838. The van der Waals surface area contributed by atoms with Gasteiger partial charge in [0.2, 0.25) is 0 Å². The van der Waals surface area contributed by atoms with Crippen LogP contribution in [0.1, 0.15) is 30.5 Å². The van der Waals surface area contributed by atoms with E-state index in [4.69, 9.17) is 4.74 Å². The molecular formula is C16H25NO3. The molecule has 2 N–H and O–H groups in total. The maximum atomic E-state index is 11.8. The first-order valence-electron chi connectivity index (χ1n) is 6.96. The molecule has 4 nitrogen and oxygen atoms in total. The van der Waals surface area contributed by atoms with Crippen molar-refractivity contribution in [2.24, 2.45) is 5.92 Å². The Balaban J connectivity index is 2.62. The lowest BCUT2D eigenvalue weighted by Gasteiger charge is -2.20. The van der Waals surface area contributed by atoms with E-state index in [0.717, 1.165) is 16.9 Å². The summed E-state index contributed by atoms with van der Waals surface area (Å²) in [6, 6.07) is 3.83. The molecule has 4 heteroatoms. The van der Waals surface area contributed by atoms with Gasteiger partial charge in [-0.2, -0.15) is 0 Å². The van der Waals surface area contributed by atoms with E-state index in [1.165, 1.54) is 5.56 Å². The zero-order chi connectivity index (χ0) is 15.3. The number of hydrogen-bond acceptors (Lipinski definition) is 3. The summed E-state index contributed by atoms with van der Waals surface area (Å²) >= 11 is 0. The fourth-order valence-corrected chi connectivity index (χ4v) is 2.20. The van der Waals surface area contributed by atoms with E-state index in [1.54, 1.807) is 0 Å². The molecule has 112 valence electrons. The summed E-state index contributed by atoms with van der Waals surface area (Å²) in [5.74, 6) is 0.736. The van der Waals surface area contributed by atoms with Crippen LogP contribution in [0.3, 0.4) is 0 Å². The Bertz CT molecular complexity index is 446. The van der Waals surface area contributed by atoms with Crippen molar-refractivity contribution >= 4 is 5.91 Å². The molecule has 1 atom stereocenters. The van der Waals surface area contributed by atoms with Crippen molar-refractivity contribution in [3.05, 3.63) is 28.8 Å². The minimum Gasteiger partial charge on any atom is -0.483 e. The summed E-state index contributed by atoms with van der Waals surface area (Å²) in [7, 11) is 0. The predicted octanol–water partition coefficient (Wildman–Crippen LogP) is 2.12. The summed E-state index contributed by atoms with van der Waals surface area (Å²) in [5.41, 5.74) is 3.23. The molecule has 0 unspecified atom stereocenters. The van der Waals surface area contributed by atoms with Crippen LogP contribution in [0.5, 0.6) is 5.75 Å². The average Bonchev–Trinajstić information content (AvgIpc) is 2.34. The van der Waals surface area contributed by atoms with Crippen molar-refractivity contribution in [3.63, 3.8) is 0 Å². The van der Waals surface area contributed by atoms with Crippen molar-refractivity contribution in [3.8, 4) is 5.75 Å². The van der Waals surface area contributed by atoms with Gasteiger partial charge in [-0.15, -0.1) is 0 Å². The Kier molecular flexibility index (Phi) is 6.02. The number of carbonyl (C=O) groups excluding carboxylic acids is 1. The minimum absolute atomic E-state index is 0.0338. The third-order valence-electron chi connectivity index (χ3n) is 3.30. The molecule has 1 aromatic rings. The van der Waals surface area contributed by atoms with Gasteiger partial charge in [0, 0.05) is 0 Å². The summed E-state index contributed by atoms with van der Waals surface area (Å²) < 4.78 is 5.62. The van der Waals surface area contributed by atoms with Crippen LogP contribution in [0.15, 0.2) is 12.1 Å². The highest BCUT2D eigenvalue weighted by Crippen LogP contribution is 2.24. The Hall–Kier alpha value is -1.55. The van der Waals surface area contributed by atoms with Gasteiger partial charge in [-0.25, -0.2) is 0 Å². The number of carbonyl (C=O) groups is 1. The fraction of sp³-hybridized carbons (Fsp3) is 0.562. The summed E-state index contributed by atoms with van der Waals surface area (Å²) in [4.78, 5) is 11.8. The SMILES string of the molecule is Cc1cc(C)c(OCC(=O)N[C@H](CO)C(C)C)c(C)c1. The van der Waals surface area contributed by atoms with E-state index in [0.29, 0.717) is 0 Å². The molecule has 1 aromatic carbocycles. The number of aliphatic hydroxyl groups excluding tert-OH is 1. The molecule has 0 radical (unpaired) electrons. The van der Waals surface area contributed by atoms with Gasteiger partial charge >= 0.3 is 0 Å². The zero-order valence-electron chi connectivity index (χ0n) is 13.0. The van der Waals surface area contributed by atoms with Crippen LogP contribution in [-0.2, 0) is 4.79 Å². The molecule has 0 bridgehead atoms. The number of aliphatic hydroxyl groups is 1. The molecule has 0 spiro atoms. The first-order valence-corrected chi connectivity index (χ1v) is 6.96. The second-order valence-electron chi connectivity index (χ2n) is 5.62. The molecule has 0 saturated carbocycles. The number of amides is 1. The topological polar surface area (TPSA) is 58.6 Å². The third-order valence-corrected chi connectivity index (χ3v) is 3.30. The summed E-state index contributed by atoms with van der Waals surface area (Å²) in [6.45, 7) is 9.78. The highest BCUT2D eigenvalue weighted by molar-refractivity contribution is 5.78. The van der Waals surface area contributed by atoms with Gasteiger partial charge in [0.1, 0.15) is 5.75 Å². The van der Waals surface area contributed by atoms with Gasteiger partial charge in [0.25, 0.3) is 5.91 Å². The van der Waals surface area contributed by atoms with Gasteiger partial charge in [-0.1, -0.05) is 31.5 Å². The largest absolute Gasteiger partial charge is 0.483 e. The number of benzene rings is 1. The lowest BCUT2D eigenvalue weighted by atomic mass is 10.1. The molecular weight excluding hydrogens is 254 g/mol. The van der Waals surface area contributed by atoms with Crippen LogP contribution >= 0.6 is 0 Å². The highest BCUT2D eigenvalue weighted by atomic mass is 16.5. The van der Waals surface area contributed by atoms with E-state index in [2.05, 4.69) is 5.32 Å². The summed E-state index contributed by atoms with van der Waals surface area (Å²) in [5, 5.41) is 12.0. The number of nitrogens with one attached hydrogen (secondary N) is 1. The smallest absolute Gasteiger partial charge is 0.258 e. The van der Waals surface area contributed by atoms with Crippen molar-refractivity contribution in [1.82, 2.24) is 5.32 Å². The predicted molar refractivity (Wildman–Crippen MR) is 80.0 cm³/mol. The summed E-state index contributed by atoms with van der Waals surface area (Å²) in [6.07, 6.45) is 0. The van der Waals surface area contributed by atoms with E-state index < -0.39 is 0 Å². The van der Waals surface area contributed by atoms with Gasteiger partial charge in [0.15, 0.2) is 6.61 Å². The molecule has 0 aromatic heterocycles. The molecule has 1 rings (SSSR count). The second-order valence-corrected chi connectivity index (χ2v) is 5.62. The molecule has 0 aliphatic carbocycles. The van der Waals surface area contributed by atoms with Gasteiger partial charge in [-0.3, -0.25) is 4.79 Å². The Morgan fingerprint density at radius 3 is 2.25 bits per heavy atom. The molecule has 0 fully saturated rings. The van der Waals surface area contributed by atoms with Crippen LogP contribution in [0.2, 0.25) is 0 Å². The van der Waals surface area contributed by atoms with Crippen LogP contribution < -0.4 is 10.1 Å². The highest BCUT2D eigenvalue weighted by Gasteiger charge is 2.16. The third kappa shape index (κ3) is 4.53. The molecule has 0 saturated heterocycles. The minimum atomic E-state index is -0.230. The van der Waals surface area contributed by atoms with Crippen molar-refractivity contribution in [2.45, 2.75) is 40.7 Å². The number of aryl methyl sites for hydroxylation is 3. The lowest BCUT2D eigenvalue weighted by Crippen LogP contribution is -2.43. The standard InChI is InChI=1S/C16H25NO3/c1-10(2)14(8-18)17-15(19)9-20-16-12(4)6-11(3)7-13(16)5/h6-7,10,14,18H,8-9H2,1-5H3,(H,17,19)/t14-/m1/s1. The van der Waals surface area contributed by atoms with E-state index in [9.17, 15) is 9.90 Å². The molecule has 0 aliphatic heterocycles. The lowest BCUT2D eigenvalue weighted by molar-refractivity contribution is -0.124. The van der Waals surface area contributed by atoms with E-state index in [1.807, 2.05) is 46.8 Å². The van der Waals surface area contributed by atoms with E-state index in [-0.39, 0.29) is 31.1 Å². The van der Waals surface area contributed by atoms with Crippen molar-refractivity contribution in [2.75, 3.05) is 13.2 Å². The number of rotatable bonds is 6. The normalized spacial score (nSPS) is 12.3. The van der Waals surface area contributed by atoms with Crippen molar-refractivity contribution in [1.29, 1.82) is 0 Å². The number of hydrogen-bond donors (Lipinski definition) is 2.